The molecule has 0 saturated carbocycles. The lowest BCUT2D eigenvalue weighted by Gasteiger charge is -2.07. The monoisotopic (exact) mass is 380 g/mol. The molecule has 3 rings (SSSR count). The molecule has 0 bridgehead atoms. The number of hydrogen-bond donors (Lipinski definition) is 2. The molecule has 0 aliphatic carbocycles. The van der Waals surface area contributed by atoms with Gasteiger partial charge in [-0.2, -0.15) is 0 Å². The van der Waals surface area contributed by atoms with Gasteiger partial charge in [-0.05, 0) is 42.8 Å². The van der Waals surface area contributed by atoms with Crippen molar-refractivity contribution in [2.24, 2.45) is 10.2 Å². The van der Waals surface area contributed by atoms with Crippen LogP contribution in [0.15, 0.2) is 70.9 Å². The maximum absolute atomic E-state index is 12.8. The Morgan fingerprint density at radius 2 is 1.70 bits per heavy atom. The van der Waals surface area contributed by atoms with Gasteiger partial charge in [0.25, 0.3) is 0 Å². The number of ketones is 1. The summed E-state index contributed by atoms with van der Waals surface area (Å²) in [7, 11) is 0. The average molecular weight is 381 g/mol. The molecule has 0 aromatic heterocycles. The lowest BCUT2D eigenvalue weighted by molar-refractivity contribution is 0.103. The van der Waals surface area contributed by atoms with Crippen molar-refractivity contribution in [3.63, 3.8) is 0 Å². The highest BCUT2D eigenvalue weighted by atomic mass is 35.5. The van der Waals surface area contributed by atoms with Gasteiger partial charge in [-0.15, -0.1) is 10.2 Å². The molecule has 0 unspecified atom stereocenters. The standard InChI is InChI=1S/C21H17ClN2O3/c1-13-9-15(12-25)21(27)19(10-13)24-23-18-8-7-16(22)11-17(18)20(26)14-5-3-2-4-6-14/h2-11,25,27H,12H2,1H3/b24-23+. The third-order valence-electron chi connectivity index (χ3n) is 3.99. The molecular weight excluding hydrogens is 364 g/mol. The summed E-state index contributed by atoms with van der Waals surface area (Å²) in [5, 5.41) is 28.2. The smallest absolute Gasteiger partial charge is 0.195 e. The largest absolute Gasteiger partial charge is 0.505 e. The minimum absolute atomic E-state index is 0.142. The van der Waals surface area contributed by atoms with Crippen molar-refractivity contribution in [3.05, 3.63) is 87.9 Å². The summed E-state index contributed by atoms with van der Waals surface area (Å²) in [6, 6.07) is 16.9. The van der Waals surface area contributed by atoms with Gasteiger partial charge >= 0.3 is 0 Å². The van der Waals surface area contributed by atoms with Crippen LogP contribution in [0.3, 0.4) is 0 Å². The number of nitrogens with zero attached hydrogens (tertiary/aromatic N) is 2. The van der Waals surface area contributed by atoms with E-state index in [1.165, 1.54) is 0 Å². The summed E-state index contributed by atoms with van der Waals surface area (Å²) < 4.78 is 0. The fourth-order valence-electron chi connectivity index (χ4n) is 2.66. The van der Waals surface area contributed by atoms with Gasteiger partial charge in [0.1, 0.15) is 11.4 Å². The van der Waals surface area contributed by atoms with Crippen molar-refractivity contribution in [2.75, 3.05) is 0 Å². The van der Waals surface area contributed by atoms with Gasteiger partial charge in [0.2, 0.25) is 0 Å². The minimum Gasteiger partial charge on any atom is -0.505 e. The minimum atomic E-state index is -0.311. The molecule has 2 N–H and O–H groups in total. The molecule has 3 aromatic rings. The van der Waals surface area contributed by atoms with Crippen LogP contribution in [0.4, 0.5) is 11.4 Å². The summed E-state index contributed by atoms with van der Waals surface area (Å²) in [4.78, 5) is 12.8. The maximum Gasteiger partial charge on any atom is 0.195 e. The van der Waals surface area contributed by atoms with Crippen molar-refractivity contribution in [3.8, 4) is 5.75 Å². The first-order valence-electron chi connectivity index (χ1n) is 8.24. The van der Waals surface area contributed by atoms with E-state index < -0.39 is 0 Å². The quantitative estimate of drug-likeness (QED) is 0.453. The fourth-order valence-corrected chi connectivity index (χ4v) is 2.83. The number of carbonyl (C=O) groups excluding carboxylic acids is 1. The van der Waals surface area contributed by atoms with Gasteiger partial charge in [-0.1, -0.05) is 41.9 Å². The molecular formula is C21H17ClN2O3. The number of carbonyl (C=O) groups is 1. The topological polar surface area (TPSA) is 82.2 Å². The molecule has 0 fully saturated rings. The lowest BCUT2D eigenvalue weighted by Crippen LogP contribution is -2.01. The van der Waals surface area contributed by atoms with Crippen LogP contribution < -0.4 is 0 Å². The normalized spacial score (nSPS) is 11.1. The van der Waals surface area contributed by atoms with Gasteiger partial charge in [0.05, 0.1) is 17.9 Å². The number of aliphatic hydroxyl groups excluding tert-OH is 1. The number of hydrogen-bond acceptors (Lipinski definition) is 5. The molecule has 3 aromatic carbocycles. The number of phenols is 1. The molecule has 136 valence electrons. The first-order valence-corrected chi connectivity index (χ1v) is 8.62. The Hall–Kier alpha value is -3.02. The molecule has 6 heteroatoms. The van der Waals surface area contributed by atoms with E-state index in [-0.39, 0.29) is 23.8 Å². The van der Waals surface area contributed by atoms with Crippen LogP contribution in [0.2, 0.25) is 5.02 Å². The number of halogens is 1. The van der Waals surface area contributed by atoms with Crippen LogP contribution in [-0.2, 0) is 6.61 Å². The van der Waals surface area contributed by atoms with Crippen LogP contribution in [0.5, 0.6) is 5.75 Å². The predicted octanol–water partition coefficient (Wildman–Crippen LogP) is 5.49. The van der Waals surface area contributed by atoms with Crippen LogP contribution >= 0.6 is 11.6 Å². The van der Waals surface area contributed by atoms with E-state index in [0.717, 1.165) is 5.56 Å². The summed E-state index contributed by atoms with van der Waals surface area (Å²) in [6.45, 7) is 1.51. The van der Waals surface area contributed by atoms with Crippen LogP contribution in [-0.4, -0.2) is 16.0 Å². The van der Waals surface area contributed by atoms with Crippen LogP contribution in [0.1, 0.15) is 27.0 Å². The Labute approximate surface area is 161 Å². The maximum atomic E-state index is 12.8. The van der Waals surface area contributed by atoms with E-state index in [4.69, 9.17) is 11.6 Å². The van der Waals surface area contributed by atoms with Gasteiger partial charge in [-0.3, -0.25) is 4.79 Å². The molecule has 0 amide bonds. The van der Waals surface area contributed by atoms with E-state index in [1.54, 1.807) is 54.6 Å². The lowest BCUT2D eigenvalue weighted by atomic mass is 10.0. The third kappa shape index (κ3) is 4.22. The first kappa shape index (κ1) is 18.8. The number of aryl methyl sites for hydroxylation is 1. The second kappa shape index (κ2) is 8.12. The van der Waals surface area contributed by atoms with Crippen molar-refractivity contribution >= 4 is 28.8 Å². The zero-order valence-electron chi connectivity index (χ0n) is 14.6. The molecule has 5 nitrogen and oxygen atoms in total. The molecule has 0 aliphatic rings. The molecule has 0 spiro atoms. The number of aliphatic hydroxyl groups is 1. The zero-order valence-corrected chi connectivity index (χ0v) is 15.3. The second-order valence-corrected chi connectivity index (χ2v) is 6.44. The summed E-state index contributed by atoms with van der Waals surface area (Å²) in [5.74, 6) is -0.367. The molecule has 0 radical (unpaired) electrons. The highest BCUT2D eigenvalue weighted by molar-refractivity contribution is 6.31. The van der Waals surface area contributed by atoms with E-state index >= 15 is 0 Å². The Bertz CT molecular complexity index is 1020. The number of aromatic hydroxyl groups is 1. The highest BCUT2D eigenvalue weighted by Gasteiger charge is 2.15. The van der Waals surface area contributed by atoms with Gasteiger partial charge in [-0.25, -0.2) is 0 Å². The summed E-state index contributed by atoms with van der Waals surface area (Å²) >= 11 is 6.06. The second-order valence-electron chi connectivity index (χ2n) is 6.01. The summed E-state index contributed by atoms with van der Waals surface area (Å²) in [5.41, 5.74) is 2.55. The molecule has 0 saturated heterocycles. The molecule has 27 heavy (non-hydrogen) atoms. The van der Waals surface area contributed by atoms with Crippen molar-refractivity contribution in [2.45, 2.75) is 13.5 Å². The fraction of sp³-hybridized carbons (Fsp3) is 0.0952. The van der Waals surface area contributed by atoms with Crippen LogP contribution in [0, 0.1) is 6.92 Å². The number of rotatable bonds is 5. The Balaban J connectivity index is 2.03. The Kier molecular flexibility index (Phi) is 5.64. The highest BCUT2D eigenvalue weighted by Crippen LogP contribution is 2.34. The molecule has 0 aliphatic heterocycles. The predicted molar refractivity (Wildman–Crippen MR) is 104 cm³/mol. The Morgan fingerprint density at radius 1 is 1.00 bits per heavy atom. The van der Waals surface area contributed by atoms with E-state index in [0.29, 0.717) is 27.4 Å². The molecule has 0 heterocycles. The number of azo groups is 1. The zero-order chi connectivity index (χ0) is 19.4. The van der Waals surface area contributed by atoms with E-state index in [2.05, 4.69) is 10.2 Å². The SMILES string of the molecule is Cc1cc(CO)c(O)c(/N=N/c2ccc(Cl)cc2C(=O)c2ccccc2)c1. The number of benzene rings is 3. The van der Waals surface area contributed by atoms with Gasteiger partial charge < -0.3 is 10.2 Å². The Morgan fingerprint density at radius 3 is 2.41 bits per heavy atom. The van der Waals surface area contributed by atoms with Crippen molar-refractivity contribution in [1.82, 2.24) is 0 Å². The van der Waals surface area contributed by atoms with E-state index in [9.17, 15) is 15.0 Å². The third-order valence-corrected chi connectivity index (χ3v) is 4.22. The first-order chi connectivity index (χ1) is 13.0. The van der Waals surface area contributed by atoms with Gasteiger partial charge in [0.15, 0.2) is 5.78 Å². The summed E-state index contributed by atoms with van der Waals surface area (Å²) in [6.07, 6.45) is 0. The molecule has 0 atom stereocenters. The van der Waals surface area contributed by atoms with Crippen LogP contribution in [0.25, 0.3) is 0 Å². The van der Waals surface area contributed by atoms with Gasteiger partial charge in [0, 0.05) is 16.1 Å². The average Bonchev–Trinajstić information content (AvgIpc) is 2.69. The van der Waals surface area contributed by atoms with Crippen molar-refractivity contribution in [1.29, 1.82) is 0 Å². The van der Waals surface area contributed by atoms with E-state index in [1.807, 2.05) is 13.0 Å². The van der Waals surface area contributed by atoms with Crippen molar-refractivity contribution < 1.29 is 15.0 Å².